The van der Waals surface area contributed by atoms with Gasteiger partial charge in [-0.25, -0.2) is 4.79 Å². The zero-order chi connectivity index (χ0) is 13.4. The summed E-state index contributed by atoms with van der Waals surface area (Å²) in [6.45, 7) is 0. The maximum Gasteiger partial charge on any atom is 0.447 e. The van der Waals surface area contributed by atoms with E-state index in [0.717, 1.165) is 0 Å². The van der Waals surface area contributed by atoms with Crippen molar-refractivity contribution in [3.05, 3.63) is 0 Å². The first-order chi connectivity index (χ1) is 8.43. The van der Waals surface area contributed by atoms with Crippen LogP contribution in [0.4, 0.5) is 4.79 Å². The number of hydrazine groups is 2. The molecule has 0 saturated carbocycles. The minimum atomic E-state index is -1.73. The van der Waals surface area contributed by atoms with Crippen LogP contribution >= 0.6 is 0 Å². The summed E-state index contributed by atoms with van der Waals surface area (Å²) in [5.74, 6) is -3.02. The van der Waals surface area contributed by atoms with E-state index in [0.29, 0.717) is 10.0 Å². The minimum absolute atomic E-state index is 0.106. The molecule has 0 spiro atoms. The van der Waals surface area contributed by atoms with E-state index in [1.807, 2.05) is 0 Å². The van der Waals surface area contributed by atoms with Crippen molar-refractivity contribution in [1.29, 1.82) is 0 Å². The predicted octanol–water partition coefficient (Wildman–Crippen LogP) is -0.906. The van der Waals surface area contributed by atoms with Crippen molar-refractivity contribution >= 4 is 29.7 Å². The van der Waals surface area contributed by atoms with Gasteiger partial charge in [0.1, 0.15) is 0 Å². The van der Waals surface area contributed by atoms with Crippen molar-refractivity contribution < 1.29 is 29.1 Å². The Morgan fingerprint density at radius 1 is 0.833 bits per heavy atom. The quantitative estimate of drug-likeness (QED) is 0.639. The molecule has 2 aliphatic heterocycles. The van der Waals surface area contributed by atoms with E-state index in [4.69, 9.17) is 5.11 Å². The Bertz CT molecular complexity index is 405. The smallest absolute Gasteiger partial charge is 0.447 e. The van der Waals surface area contributed by atoms with Crippen molar-refractivity contribution in [2.75, 3.05) is 0 Å². The summed E-state index contributed by atoms with van der Waals surface area (Å²) in [5.41, 5.74) is 0. The third-order valence-corrected chi connectivity index (χ3v) is 2.60. The van der Waals surface area contributed by atoms with Crippen molar-refractivity contribution in [3.8, 4) is 0 Å². The second kappa shape index (κ2) is 4.09. The first-order valence-corrected chi connectivity index (χ1v) is 5.18. The summed E-state index contributed by atoms with van der Waals surface area (Å²) in [7, 11) is 0. The number of carbonyl (C=O) groups is 5. The molecular formula is C9H9N3O6. The lowest BCUT2D eigenvalue weighted by molar-refractivity contribution is -0.188. The van der Waals surface area contributed by atoms with Gasteiger partial charge in [-0.1, -0.05) is 0 Å². The van der Waals surface area contributed by atoms with Gasteiger partial charge in [0.2, 0.25) is 0 Å². The van der Waals surface area contributed by atoms with Crippen molar-refractivity contribution in [1.82, 2.24) is 15.1 Å². The fourth-order valence-corrected chi connectivity index (χ4v) is 1.81. The van der Waals surface area contributed by atoms with Gasteiger partial charge in [0.25, 0.3) is 23.6 Å². The van der Waals surface area contributed by atoms with E-state index in [1.165, 1.54) is 0 Å². The number of amides is 5. The molecule has 0 bridgehead atoms. The highest BCUT2D eigenvalue weighted by molar-refractivity contribution is 6.06. The zero-order valence-corrected chi connectivity index (χ0v) is 9.16. The van der Waals surface area contributed by atoms with E-state index in [-0.39, 0.29) is 30.8 Å². The Balaban J connectivity index is 2.37. The highest BCUT2D eigenvalue weighted by atomic mass is 16.4. The molecule has 96 valence electrons. The van der Waals surface area contributed by atoms with Crippen LogP contribution in [0.1, 0.15) is 25.7 Å². The van der Waals surface area contributed by atoms with Crippen LogP contribution in [0.15, 0.2) is 0 Å². The predicted molar refractivity (Wildman–Crippen MR) is 52.0 cm³/mol. The monoisotopic (exact) mass is 255 g/mol. The SMILES string of the molecule is O=C1CCC(=O)N1N(C(=O)O)N1C(=O)CCC1=O. The van der Waals surface area contributed by atoms with Crippen LogP contribution in [0.25, 0.3) is 0 Å². The number of hydrogen-bond donors (Lipinski definition) is 1. The van der Waals surface area contributed by atoms with Crippen LogP contribution < -0.4 is 0 Å². The summed E-state index contributed by atoms with van der Waals surface area (Å²) >= 11 is 0. The molecule has 2 saturated heterocycles. The average molecular weight is 255 g/mol. The van der Waals surface area contributed by atoms with Crippen LogP contribution in [0, 0.1) is 0 Å². The van der Waals surface area contributed by atoms with Crippen LogP contribution in [-0.2, 0) is 19.2 Å². The topological polar surface area (TPSA) is 115 Å². The van der Waals surface area contributed by atoms with E-state index in [2.05, 4.69) is 0 Å². The first kappa shape index (κ1) is 12.0. The minimum Gasteiger partial charge on any atom is -0.462 e. The molecule has 2 aliphatic rings. The van der Waals surface area contributed by atoms with Crippen LogP contribution in [-0.4, -0.2) is 50.0 Å². The molecule has 1 N–H and O–H groups in total. The summed E-state index contributed by atoms with van der Waals surface area (Å²) in [4.78, 5) is 56.9. The molecule has 5 amide bonds. The largest absolute Gasteiger partial charge is 0.462 e. The molecule has 0 atom stereocenters. The molecule has 2 heterocycles. The van der Waals surface area contributed by atoms with Gasteiger partial charge in [0.15, 0.2) is 0 Å². The molecule has 0 radical (unpaired) electrons. The molecule has 0 aromatic carbocycles. The fourth-order valence-electron chi connectivity index (χ4n) is 1.81. The maximum absolute atomic E-state index is 11.5. The second-order valence-corrected chi connectivity index (χ2v) is 3.77. The molecule has 18 heavy (non-hydrogen) atoms. The highest BCUT2D eigenvalue weighted by Gasteiger charge is 2.46. The number of nitrogens with zero attached hydrogens (tertiary/aromatic N) is 3. The summed E-state index contributed by atoms with van der Waals surface area (Å²) in [6, 6.07) is 0. The van der Waals surface area contributed by atoms with Crippen LogP contribution in [0.2, 0.25) is 0 Å². The van der Waals surface area contributed by atoms with Gasteiger partial charge in [-0.2, -0.15) is 10.0 Å². The Hall–Kier alpha value is -2.45. The number of hydrogen-bond acceptors (Lipinski definition) is 5. The molecule has 0 aromatic heterocycles. The molecule has 9 nitrogen and oxygen atoms in total. The van der Waals surface area contributed by atoms with Gasteiger partial charge in [-0.3, -0.25) is 19.2 Å². The molecular weight excluding hydrogens is 246 g/mol. The van der Waals surface area contributed by atoms with Crippen LogP contribution in [0.3, 0.4) is 0 Å². The Kier molecular flexibility index (Phi) is 2.73. The molecule has 2 rings (SSSR count). The number of imide groups is 2. The Labute approximate surface area is 100 Å². The van der Waals surface area contributed by atoms with Gasteiger partial charge in [0, 0.05) is 25.7 Å². The van der Waals surface area contributed by atoms with Crippen molar-refractivity contribution in [3.63, 3.8) is 0 Å². The van der Waals surface area contributed by atoms with Gasteiger partial charge < -0.3 is 5.11 Å². The lowest BCUT2D eigenvalue weighted by Gasteiger charge is -2.32. The Morgan fingerprint density at radius 2 is 1.11 bits per heavy atom. The summed E-state index contributed by atoms with van der Waals surface area (Å²) in [5, 5.41) is 9.75. The van der Waals surface area contributed by atoms with Crippen LogP contribution in [0.5, 0.6) is 0 Å². The van der Waals surface area contributed by atoms with E-state index >= 15 is 0 Å². The average Bonchev–Trinajstić information content (AvgIpc) is 2.78. The van der Waals surface area contributed by atoms with Gasteiger partial charge in [-0.15, -0.1) is 5.12 Å². The Morgan fingerprint density at radius 3 is 1.33 bits per heavy atom. The zero-order valence-electron chi connectivity index (χ0n) is 9.16. The first-order valence-electron chi connectivity index (χ1n) is 5.18. The number of rotatable bonds is 2. The molecule has 9 heteroatoms. The number of carbonyl (C=O) groups excluding carboxylic acids is 4. The molecule has 2 fully saturated rings. The van der Waals surface area contributed by atoms with E-state index in [9.17, 15) is 24.0 Å². The normalized spacial score (nSPS) is 20.0. The summed E-state index contributed by atoms with van der Waals surface area (Å²) in [6.07, 6.45) is -2.29. The lowest BCUT2D eigenvalue weighted by Crippen LogP contribution is -2.59. The lowest BCUT2D eigenvalue weighted by atomic mass is 10.4. The fraction of sp³-hybridized carbons (Fsp3) is 0.444. The highest BCUT2D eigenvalue weighted by Crippen LogP contribution is 2.22. The standard InChI is InChI=1S/C9H9N3O6/c13-5-1-2-6(14)10(5)12(9(17)18)11-7(15)3-4-8(11)16/h1-4H2,(H,17,18). The maximum atomic E-state index is 11.5. The van der Waals surface area contributed by atoms with Gasteiger partial charge in [0.05, 0.1) is 0 Å². The third kappa shape index (κ3) is 1.69. The molecule has 0 aliphatic carbocycles. The molecule has 0 unspecified atom stereocenters. The van der Waals surface area contributed by atoms with Gasteiger partial charge in [-0.05, 0) is 0 Å². The van der Waals surface area contributed by atoms with Crippen molar-refractivity contribution in [2.24, 2.45) is 0 Å². The van der Waals surface area contributed by atoms with E-state index in [1.54, 1.807) is 0 Å². The second-order valence-electron chi connectivity index (χ2n) is 3.77. The van der Waals surface area contributed by atoms with Gasteiger partial charge >= 0.3 is 6.09 Å². The number of carboxylic acid groups (broad SMARTS) is 1. The van der Waals surface area contributed by atoms with E-state index < -0.39 is 29.7 Å². The third-order valence-electron chi connectivity index (χ3n) is 2.60. The van der Waals surface area contributed by atoms with Crippen molar-refractivity contribution in [2.45, 2.75) is 25.7 Å². The molecule has 0 aromatic rings. The summed E-state index contributed by atoms with van der Waals surface area (Å²) < 4.78 is 0.